The van der Waals surface area contributed by atoms with Crippen LogP contribution in [0.5, 0.6) is 11.5 Å². The molecule has 2 unspecified atom stereocenters. The fourth-order valence-corrected chi connectivity index (χ4v) is 2.33. The molecule has 21 heavy (non-hydrogen) atoms. The molecule has 0 saturated carbocycles. The SMILES string of the molecule is COc1cccc(OCC(O)CNCCC2CCOC2)c1. The highest BCUT2D eigenvalue weighted by molar-refractivity contribution is 5.32. The Kier molecular flexibility index (Phi) is 6.79. The molecule has 1 aliphatic rings. The number of aliphatic hydroxyl groups excluding tert-OH is 1. The summed E-state index contributed by atoms with van der Waals surface area (Å²) >= 11 is 0. The van der Waals surface area contributed by atoms with Gasteiger partial charge in [-0.3, -0.25) is 0 Å². The number of methoxy groups -OCH3 is 1. The number of benzene rings is 1. The van der Waals surface area contributed by atoms with Gasteiger partial charge in [0.1, 0.15) is 24.2 Å². The van der Waals surface area contributed by atoms with E-state index >= 15 is 0 Å². The highest BCUT2D eigenvalue weighted by Gasteiger charge is 2.15. The fourth-order valence-electron chi connectivity index (χ4n) is 2.33. The van der Waals surface area contributed by atoms with Gasteiger partial charge in [-0.1, -0.05) is 6.07 Å². The lowest BCUT2D eigenvalue weighted by molar-refractivity contribution is 0.106. The van der Waals surface area contributed by atoms with E-state index in [1.54, 1.807) is 13.2 Å². The standard InChI is InChI=1S/C16H25NO4/c1-19-15-3-2-4-16(9-15)21-12-14(18)10-17-7-5-13-6-8-20-11-13/h2-4,9,13-14,17-18H,5-8,10-12H2,1H3. The Morgan fingerprint density at radius 1 is 1.43 bits per heavy atom. The predicted molar refractivity (Wildman–Crippen MR) is 80.9 cm³/mol. The van der Waals surface area contributed by atoms with Gasteiger partial charge in [-0.15, -0.1) is 0 Å². The first-order valence-electron chi connectivity index (χ1n) is 7.51. The number of ether oxygens (including phenoxy) is 3. The lowest BCUT2D eigenvalue weighted by Crippen LogP contribution is -2.32. The van der Waals surface area contributed by atoms with Crippen LogP contribution in [0, 0.1) is 5.92 Å². The molecule has 0 amide bonds. The first-order valence-corrected chi connectivity index (χ1v) is 7.51. The summed E-state index contributed by atoms with van der Waals surface area (Å²) in [6.07, 6.45) is 1.74. The molecule has 0 aliphatic carbocycles. The Hall–Kier alpha value is -1.30. The second-order valence-corrected chi connectivity index (χ2v) is 5.37. The van der Waals surface area contributed by atoms with Gasteiger partial charge >= 0.3 is 0 Å². The summed E-state index contributed by atoms with van der Waals surface area (Å²) in [5.74, 6) is 2.12. The smallest absolute Gasteiger partial charge is 0.123 e. The van der Waals surface area contributed by atoms with E-state index in [4.69, 9.17) is 14.2 Å². The fraction of sp³-hybridized carbons (Fsp3) is 0.625. The second-order valence-electron chi connectivity index (χ2n) is 5.37. The van der Waals surface area contributed by atoms with Gasteiger partial charge in [0.2, 0.25) is 0 Å². The maximum absolute atomic E-state index is 9.89. The third kappa shape index (κ3) is 5.91. The zero-order valence-corrected chi connectivity index (χ0v) is 12.6. The van der Waals surface area contributed by atoms with Crippen LogP contribution < -0.4 is 14.8 Å². The highest BCUT2D eigenvalue weighted by Crippen LogP contribution is 2.19. The van der Waals surface area contributed by atoms with Gasteiger partial charge in [-0.2, -0.15) is 0 Å². The van der Waals surface area contributed by atoms with Crippen molar-refractivity contribution in [3.63, 3.8) is 0 Å². The number of nitrogens with one attached hydrogen (secondary N) is 1. The molecule has 0 aromatic heterocycles. The van der Waals surface area contributed by atoms with Crippen LogP contribution in [-0.2, 0) is 4.74 Å². The van der Waals surface area contributed by atoms with Gasteiger partial charge in [-0.05, 0) is 37.4 Å². The zero-order chi connectivity index (χ0) is 14.9. The second kappa shape index (κ2) is 8.87. The monoisotopic (exact) mass is 295 g/mol. The molecule has 118 valence electrons. The molecule has 1 aliphatic heterocycles. The number of hydrogen-bond donors (Lipinski definition) is 2. The van der Waals surface area contributed by atoms with Crippen LogP contribution in [0.25, 0.3) is 0 Å². The van der Waals surface area contributed by atoms with Gasteiger partial charge in [0.05, 0.1) is 7.11 Å². The minimum absolute atomic E-state index is 0.271. The van der Waals surface area contributed by atoms with Crippen molar-refractivity contribution in [2.24, 2.45) is 5.92 Å². The summed E-state index contributed by atoms with van der Waals surface area (Å²) < 4.78 is 16.0. The van der Waals surface area contributed by atoms with Crippen LogP contribution in [0.1, 0.15) is 12.8 Å². The van der Waals surface area contributed by atoms with Crippen LogP contribution in [-0.4, -0.2) is 51.2 Å². The average Bonchev–Trinajstić information content (AvgIpc) is 3.03. The summed E-state index contributed by atoms with van der Waals surface area (Å²) in [6.45, 7) is 3.49. The van der Waals surface area contributed by atoms with Gasteiger partial charge in [-0.25, -0.2) is 0 Å². The van der Waals surface area contributed by atoms with E-state index in [0.29, 0.717) is 18.2 Å². The van der Waals surface area contributed by atoms with Crippen LogP contribution >= 0.6 is 0 Å². The molecule has 5 nitrogen and oxygen atoms in total. The molecule has 1 aromatic rings. The minimum Gasteiger partial charge on any atom is -0.497 e. The summed E-state index contributed by atoms with van der Waals surface area (Å²) in [5, 5.41) is 13.1. The number of aliphatic hydroxyl groups is 1. The number of hydrogen-bond acceptors (Lipinski definition) is 5. The van der Waals surface area contributed by atoms with E-state index in [9.17, 15) is 5.11 Å². The van der Waals surface area contributed by atoms with E-state index in [1.165, 1.54) is 0 Å². The van der Waals surface area contributed by atoms with Gasteiger partial charge in [0.15, 0.2) is 0 Å². The van der Waals surface area contributed by atoms with E-state index in [0.717, 1.165) is 38.3 Å². The molecule has 1 aromatic carbocycles. The van der Waals surface area contributed by atoms with E-state index in [1.807, 2.05) is 18.2 Å². The molecule has 1 saturated heterocycles. The summed E-state index contributed by atoms with van der Waals surface area (Å²) in [6, 6.07) is 7.38. The van der Waals surface area contributed by atoms with Crippen molar-refractivity contribution in [3.05, 3.63) is 24.3 Å². The quantitative estimate of drug-likeness (QED) is 0.675. The molecule has 0 radical (unpaired) electrons. The highest BCUT2D eigenvalue weighted by atomic mass is 16.5. The predicted octanol–water partition coefficient (Wildman–Crippen LogP) is 1.45. The lowest BCUT2D eigenvalue weighted by atomic mass is 10.1. The molecular formula is C16H25NO4. The molecule has 0 spiro atoms. The summed E-state index contributed by atoms with van der Waals surface area (Å²) in [5.41, 5.74) is 0. The molecule has 1 fully saturated rings. The molecular weight excluding hydrogens is 270 g/mol. The Morgan fingerprint density at radius 3 is 3.05 bits per heavy atom. The first kappa shape index (κ1) is 16.1. The zero-order valence-electron chi connectivity index (χ0n) is 12.6. The third-order valence-electron chi connectivity index (χ3n) is 3.62. The summed E-state index contributed by atoms with van der Waals surface area (Å²) in [7, 11) is 1.62. The Balaban J connectivity index is 1.57. The third-order valence-corrected chi connectivity index (χ3v) is 3.62. The van der Waals surface area contributed by atoms with E-state index < -0.39 is 6.10 Å². The van der Waals surface area contributed by atoms with E-state index in [-0.39, 0.29) is 6.61 Å². The van der Waals surface area contributed by atoms with Crippen LogP contribution in [0.3, 0.4) is 0 Å². The molecule has 1 heterocycles. The maximum atomic E-state index is 9.89. The largest absolute Gasteiger partial charge is 0.497 e. The first-order chi connectivity index (χ1) is 10.3. The lowest BCUT2D eigenvalue weighted by Gasteiger charge is -2.14. The Morgan fingerprint density at radius 2 is 2.29 bits per heavy atom. The van der Waals surface area contributed by atoms with Crippen molar-refractivity contribution in [1.82, 2.24) is 5.32 Å². The van der Waals surface area contributed by atoms with Crippen molar-refractivity contribution in [2.45, 2.75) is 18.9 Å². The number of rotatable bonds is 9. The van der Waals surface area contributed by atoms with Gasteiger partial charge in [0.25, 0.3) is 0 Å². The van der Waals surface area contributed by atoms with Crippen LogP contribution in [0.15, 0.2) is 24.3 Å². The molecule has 2 N–H and O–H groups in total. The van der Waals surface area contributed by atoms with Crippen molar-refractivity contribution in [3.8, 4) is 11.5 Å². The van der Waals surface area contributed by atoms with Crippen LogP contribution in [0.2, 0.25) is 0 Å². The Bertz CT molecular complexity index is 407. The van der Waals surface area contributed by atoms with Crippen molar-refractivity contribution < 1.29 is 19.3 Å². The van der Waals surface area contributed by atoms with Crippen molar-refractivity contribution in [1.29, 1.82) is 0 Å². The molecule has 5 heteroatoms. The van der Waals surface area contributed by atoms with E-state index in [2.05, 4.69) is 5.32 Å². The normalized spacial score (nSPS) is 19.4. The van der Waals surface area contributed by atoms with Gasteiger partial charge < -0.3 is 24.6 Å². The van der Waals surface area contributed by atoms with Gasteiger partial charge in [0, 0.05) is 25.8 Å². The topological polar surface area (TPSA) is 60.0 Å². The Labute approximate surface area is 126 Å². The van der Waals surface area contributed by atoms with Crippen molar-refractivity contribution >= 4 is 0 Å². The average molecular weight is 295 g/mol. The molecule has 2 atom stereocenters. The maximum Gasteiger partial charge on any atom is 0.123 e. The summed E-state index contributed by atoms with van der Waals surface area (Å²) in [4.78, 5) is 0. The molecule has 0 bridgehead atoms. The van der Waals surface area contributed by atoms with Crippen LogP contribution in [0.4, 0.5) is 0 Å². The molecule has 2 rings (SSSR count). The van der Waals surface area contributed by atoms with Crippen molar-refractivity contribution in [2.75, 3.05) is 40.0 Å². The minimum atomic E-state index is -0.518.